The minimum Gasteiger partial charge on any atom is -0.493 e. The van der Waals surface area contributed by atoms with Gasteiger partial charge in [-0.1, -0.05) is 25.7 Å². The Hall–Kier alpha value is -1.89. The summed E-state index contributed by atoms with van der Waals surface area (Å²) in [7, 11) is 1.51. The standard InChI is InChI=1S/C28H39IN2O7/c1-37-24-13-17(16-33)12-21(29)26(24)38-23-15-19(27(35)30-10-11-32)14-22(25(23)34)31(28(36)18-8-9-18)20-6-4-2-3-5-7-20/h12-13,15,18,20,22-23,25,32-34H,2-11,14,16H2,1H3,(H,30,35). The van der Waals surface area contributed by atoms with E-state index in [0.29, 0.717) is 26.2 Å². The fraction of sp³-hybridized carbons (Fsp3) is 0.643. The van der Waals surface area contributed by atoms with E-state index in [-0.39, 0.29) is 50.0 Å². The van der Waals surface area contributed by atoms with Crippen LogP contribution in [0, 0.1) is 9.49 Å². The van der Waals surface area contributed by atoms with Gasteiger partial charge in [0.1, 0.15) is 12.2 Å². The Morgan fingerprint density at radius 2 is 1.82 bits per heavy atom. The quantitative estimate of drug-likeness (QED) is 0.228. The molecule has 3 aliphatic rings. The second-order valence-corrected chi connectivity index (χ2v) is 11.6. The van der Waals surface area contributed by atoms with Crippen molar-refractivity contribution in [2.75, 3.05) is 20.3 Å². The number of hydrogen-bond acceptors (Lipinski definition) is 7. The first-order valence-corrected chi connectivity index (χ1v) is 14.7. The molecule has 3 aliphatic carbocycles. The summed E-state index contributed by atoms with van der Waals surface area (Å²) in [6, 6.07) is 2.86. The molecule has 0 bridgehead atoms. The van der Waals surface area contributed by atoms with Gasteiger partial charge in [-0.25, -0.2) is 0 Å². The molecule has 0 aromatic heterocycles. The van der Waals surface area contributed by atoms with Crippen molar-refractivity contribution in [3.8, 4) is 11.5 Å². The number of aliphatic hydroxyl groups is 3. The van der Waals surface area contributed by atoms with Crippen LogP contribution in [0.2, 0.25) is 0 Å². The number of halogens is 1. The maximum absolute atomic E-state index is 13.7. The lowest BCUT2D eigenvalue weighted by Crippen LogP contribution is -2.58. The van der Waals surface area contributed by atoms with Gasteiger partial charge in [-0.2, -0.15) is 0 Å². The van der Waals surface area contributed by atoms with Gasteiger partial charge in [0, 0.05) is 30.5 Å². The number of carbonyl (C=O) groups is 2. The van der Waals surface area contributed by atoms with Gasteiger partial charge >= 0.3 is 0 Å². The molecule has 38 heavy (non-hydrogen) atoms. The van der Waals surface area contributed by atoms with Gasteiger partial charge in [0.2, 0.25) is 11.8 Å². The van der Waals surface area contributed by atoms with Crippen molar-refractivity contribution >= 4 is 34.4 Å². The molecule has 0 saturated heterocycles. The van der Waals surface area contributed by atoms with Gasteiger partial charge in [0.25, 0.3) is 0 Å². The van der Waals surface area contributed by atoms with Crippen LogP contribution in [-0.4, -0.2) is 76.6 Å². The van der Waals surface area contributed by atoms with Gasteiger partial charge < -0.3 is 35.0 Å². The minimum atomic E-state index is -1.06. The fourth-order valence-electron chi connectivity index (χ4n) is 5.55. The first-order valence-electron chi connectivity index (χ1n) is 13.6. The molecule has 4 rings (SSSR count). The van der Waals surface area contributed by atoms with E-state index in [1.807, 2.05) is 4.90 Å². The maximum Gasteiger partial charge on any atom is 0.247 e. The van der Waals surface area contributed by atoms with Crippen molar-refractivity contribution < 1.29 is 34.4 Å². The molecule has 1 aromatic carbocycles. The number of rotatable bonds is 10. The van der Waals surface area contributed by atoms with Gasteiger partial charge in [-0.15, -0.1) is 0 Å². The fourth-order valence-corrected chi connectivity index (χ4v) is 6.35. The summed E-state index contributed by atoms with van der Waals surface area (Å²) in [6.45, 7) is -0.238. The highest BCUT2D eigenvalue weighted by Crippen LogP contribution is 2.40. The molecule has 0 heterocycles. The first kappa shape index (κ1) is 29.1. The molecule has 10 heteroatoms. The number of amides is 2. The number of methoxy groups -OCH3 is 1. The first-order chi connectivity index (χ1) is 18.4. The Labute approximate surface area is 237 Å². The van der Waals surface area contributed by atoms with E-state index in [4.69, 9.17) is 9.47 Å². The molecule has 210 valence electrons. The van der Waals surface area contributed by atoms with E-state index in [9.17, 15) is 24.9 Å². The van der Waals surface area contributed by atoms with E-state index in [0.717, 1.165) is 51.4 Å². The van der Waals surface area contributed by atoms with Crippen molar-refractivity contribution in [3.63, 3.8) is 0 Å². The Morgan fingerprint density at radius 3 is 2.42 bits per heavy atom. The third-order valence-electron chi connectivity index (χ3n) is 7.70. The van der Waals surface area contributed by atoms with Crippen molar-refractivity contribution in [2.24, 2.45) is 5.92 Å². The summed E-state index contributed by atoms with van der Waals surface area (Å²) >= 11 is 2.09. The highest BCUT2D eigenvalue weighted by atomic mass is 127. The molecule has 0 aliphatic heterocycles. The molecule has 3 unspecified atom stereocenters. The molecule has 2 saturated carbocycles. The zero-order valence-electron chi connectivity index (χ0n) is 21.9. The normalized spacial score (nSPS) is 24.2. The largest absolute Gasteiger partial charge is 0.493 e. The van der Waals surface area contributed by atoms with Gasteiger partial charge in [-0.05, 0) is 72.0 Å². The zero-order valence-corrected chi connectivity index (χ0v) is 24.1. The molecular formula is C28H39IN2O7. The summed E-state index contributed by atoms with van der Waals surface area (Å²) < 4.78 is 12.6. The van der Waals surface area contributed by atoms with Crippen LogP contribution >= 0.6 is 22.6 Å². The van der Waals surface area contributed by atoms with Crippen LogP contribution in [-0.2, 0) is 16.2 Å². The smallest absolute Gasteiger partial charge is 0.247 e. The van der Waals surface area contributed by atoms with E-state index in [2.05, 4.69) is 27.9 Å². The molecule has 4 N–H and O–H groups in total. The zero-order chi connectivity index (χ0) is 27.2. The Kier molecular flexibility index (Phi) is 10.3. The monoisotopic (exact) mass is 642 g/mol. The van der Waals surface area contributed by atoms with E-state index in [1.54, 1.807) is 18.2 Å². The van der Waals surface area contributed by atoms with Gasteiger partial charge in [-0.3, -0.25) is 9.59 Å². The number of benzene rings is 1. The van der Waals surface area contributed by atoms with Crippen molar-refractivity contribution in [3.05, 3.63) is 32.9 Å². The average molecular weight is 643 g/mol. The lowest BCUT2D eigenvalue weighted by atomic mass is 9.86. The highest BCUT2D eigenvalue weighted by Gasteiger charge is 2.46. The summed E-state index contributed by atoms with van der Waals surface area (Å²) in [5, 5.41) is 33.3. The van der Waals surface area contributed by atoms with Crippen LogP contribution in [0.25, 0.3) is 0 Å². The third-order valence-corrected chi connectivity index (χ3v) is 8.50. The van der Waals surface area contributed by atoms with Crippen LogP contribution in [0.1, 0.15) is 63.4 Å². The summed E-state index contributed by atoms with van der Waals surface area (Å²) in [6.07, 6.45) is 7.70. The highest BCUT2D eigenvalue weighted by molar-refractivity contribution is 14.1. The topological polar surface area (TPSA) is 129 Å². The van der Waals surface area contributed by atoms with Crippen LogP contribution < -0.4 is 14.8 Å². The Balaban J connectivity index is 1.70. The number of hydrogen-bond donors (Lipinski definition) is 4. The number of nitrogens with zero attached hydrogens (tertiary/aromatic N) is 1. The van der Waals surface area contributed by atoms with Gasteiger partial charge in [0.05, 0.1) is 29.9 Å². The van der Waals surface area contributed by atoms with Crippen molar-refractivity contribution in [1.82, 2.24) is 10.2 Å². The van der Waals surface area contributed by atoms with Crippen molar-refractivity contribution in [1.29, 1.82) is 0 Å². The van der Waals surface area contributed by atoms with E-state index < -0.39 is 18.2 Å². The number of aliphatic hydroxyl groups excluding tert-OH is 3. The molecule has 2 fully saturated rings. The molecule has 9 nitrogen and oxygen atoms in total. The van der Waals surface area contributed by atoms with Crippen molar-refractivity contribution in [2.45, 2.75) is 88.7 Å². The second kappa shape index (κ2) is 13.5. The lowest BCUT2D eigenvalue weighted by Gasteiger charge is -2.44. The molecular weight excluding hydrogens is 603 g/mol. The average Bonchev–Trinajstić information content (AvgIpc) is 3.78. The van der Waals surface area contributed by atoms with Gasteiger partial charge in [0.15, 0.2) is 11.5 Å². The molecule has 2 amide bonds. The Morgan fingerprint density at radius 1 is 1.11 bits per heavy atom. The number of nitrogens with one attached hydrogen (secondary N) is 1. The second-order valence-electron chi connectivity index (χ2n) is 10.4. The number of carbonyl (C=O) groups excluding carboxylic acids is 2. The number of ether oxygens (including phenoxy) is 2. The summed E-state index contributed by atoms with van der Waals surface area (Å²) in [4.78, 5) is 28.6. The summed E-state index contributed by atoms with van der Waals surface area (Å²) in [5.74, 6) is 0.507. The molecule has 0 spiro atoms. The predicted octanol–water partition coefficient (Wildman–Crippen LogP) is 2.67. The van der Waals surface area contributed by atoms with E-state index >= 15 is 0 Å². The van der Waals surface area contributed by atoms with Crippen LogP contribution in [0.15, 0.2) is 23.8 Å². The maximum atomic E-state index is 13.7. The Bertz CT molecular complexity index is 1020. The minimum absolute atomic E-state index is 0.0178. The summed E-state index contributed by atoms with van der Waals surface area (Å²) in [5.41, 5.74) is 1.08. The van der Waals surface area contributed by atoms with E-state index in [1.165, 1.54) is 7.11 Å². The molecule has 0 radical (unpaired) electrons. The third kappa shape index (κ3) is 6.81. The molecule has 1 aromatic rings. The predicted molar refractivity (Wildman–Crippen MR) is 150 cm³/mol. The lowest BCUT2D eigenvalue weighted by molar-refractivity contribution is -0.144. The van der Waals surface area contributed by atoms with Crippen LogP contribution in [0.4, 0.5) is 0 Å². The SMILES string of the molecule is COc1cc(CO)cc(I)c1OC1C=C(C(=O)NCCO)CC(N(C(=O)C2CC2)C2CCCCCC2)C1O. The molecule has 3 atom stereocenters. The van der Waals surface area contributed by atoms with Crippen LogP contribution in [0.5, 0.6) is 11.5 Å². The van der Waals surface area contributed by atoms with Crippen LogP contribution in [0.3, 0.4) is 0 Å².